The molecule has 1 aliphatic heterocycles. The molecule has 2 heterocycles. The van der Waals surface area contributed by atoms with Crippen molar-refractivity contribution in [3.63, 3.8) is 0 Å². The molecular weight excluding hydrogens is 512 g/mol. The van der Waals surface area contributed by atoms with Gasteiger partial charge in [0.2, 0.25) is 16.0 Å². The molecule has 198 valence electrons. The molecule has 1 atom stereocenters. The van der Waals surface area contributed by atoms with Gasteiger partial charge >= 0.3 is 0 Å². The van der Waals surface area contributed by atoms with Gasteiger partial charge in [0.25, 0.3) is 0 Å². The number of hydrogen-bond acceptors (Lipinski definition) is 8. The molecule has 1 saturated heterocycles. The number of benzene rings is 2. The molecule has 0 unspecified atom stereocenters. The maximum absolute atomic E-state index is 12.8. The molecule has 3 aromatic rings. The molecule has 0 bridgehead atoms. The van der Waals surface area contributed by atoms with Crippen molar-refractivity contribution in [1.29, 1.82) is 0 Å². The van der Waals surface area contributed by atoms with Gasteiger partial charge in [-0.05, 0) is 57.4 Å². The predicted octanol–water partition coefficient (Wildman–Crippen LogP) is 5.55. The summed E-state index contributed by atoms with van der Waals surface area (Å²) in [6.45, 7) is 10.3. The zero-order valence-corrected chi connectivity index (χ0v) is 23.0. The number of nitrogens with one attached hydrogen (secondary N) is 3. The third kappa shape index (κ3) is 6.63. The van der Waals surface area contributed by atoms with Gasteiger partial charge in [-0.1, -0.05) is 30.7 Å². The Morgan fingerprint density at radius 3 is 2.65 bits per heavy atom. The lowest BCUT2D eigenvalue weighted by Gasteiger charge is -2.21. The number of aromatic nitrogens is 2. The molecule has 37 heavy (non-hydrogen) atoms. The fraction of sp³-hybridized carbons (Fsp3) is 0.385. The summed E-state index contributed by atoms with van der Waals surface area (Å²) in [5, 5.41) is 6.52. The van der Waals surface area contributed by atoms with E-state index in [2.05, 4.69) is 43.2 Å². The first-order valence-electron chi connectivity index (χ1n) is 12.4. The highest BCUT2D eigenvalue weighted by atomic mass is 35.5. The fourth-order valence-corrected chi connectivity index (χ4v) is 5.75. The summed E-state index contributed by atoms with van der Waals surface area (Å²) in [4.78, 5) is 11.3. The van der Waals surface area contributed by atoms with Crippen molar-refractivity contribution >= 4 is 50.5 Å². The van der Waals surface area contributed by atoms with Crippen LogP contribution in [-0.2, 0) is 10.0 Å². The van der Waals surface area contributed by atoms with Crippen molar-refractivity contribution < 1.29 is 13.2 Å². The van der Waals surface area contributed by atoms with Crippen LogP contribution in [0.25, 0.3) is 0 Å². The van der Waals surface area contributed by atoms with Gasteiger partial charge in [0.05, 0.1) is 24.2 Å². The summed E-state index contributed by atoms with van der Waals surface area (Å²) < 4.78 is 34.2. The van der Waals surface area contributed by atoms with Crippen molar-refractivity contribution in [1.82, 2.24) is 14.7 Å². The van der Waals surface area contributed by atoms with Gasteiger partial charge in [-0.25, -0.2) is 18.1 Å². The number of nitrogens with zero attached hydrogens (tertiary/aromatic N) is 3. The number of anilines is 5. The summed E-state index contributed by atoms with van der Waals surface area (Å²) in [5.41, 5.74) is 2.18. The zero-order valence-electron chi connectivity index (χ0n) is 21.5. The van der Waals surface area contributed by atoms with E-state index in [1.165, 1.54) is 18.7 Å². The topological polar surface area (TPSA) is 108 Å². The highest BCUT2D eigenvalue weighted by Gasteiger charge is 2.22. The summed E-state index contributed by atoms with van der Waals surface area (Å²) in [6.07, 6.45) is 2.64. The average Bonchev–Trinajstić information content (AvgIpc) is 3.28. The zero-order chi connectivity index (χ0) is 26.6. The molecule has 0 amide bonds. The molecule has 1 fully saturated rings. The lowest BCUT2D eigenvalue weighted by Crippen LogP contribution is -2.30. The predicted molar refractivity (Wildman–Crippen MR) is 149 cm³/mol. The van der Waals surface area contributed by atoms with Crippen molar-refractivity contribution in [2.24, 2.45) is 5.92 Å². The van der Waals surface area contributed by atoms with Crippen molar-refractivity contribution in [3.05, 3.63) is 53.7 Å². The van der Waals surface area contributed by atoms with E-state index in [0.29, 0.717) is 24.0 Å². The first kappa shape index (κ1) is 27.0. The van der Waals surface area contributed by atoms with Gasteiger partial charge < -0.3 is 20.3 Å². The molecule has 0 radical (unpaired) electrons. The Morgan fingerprint density at radius 2 is 1.95 bits per heavy atom. The van der Waals surface area contributed by atoms with Crippen LogP contribution in [0.1, 0.15) is 34.1 Å². The first-order chi connectivity index (χ1) is 17.7. The summed E-state index contributed by atoms with van der Waals surface area (Å²) in [7, 11) is -3.74. The molecule has 2 aromatic carbocycles. The monoisotopic (exact) mass is 544 g/mol. The average molecular weight is 545 g/mol. The van der Waals surface area contributed by atoms with Crippen LogP contribution in [0.15, 0.2) is 53.6 Å². The third-order valence-electron chi connectivity index (χ3n) is 5.87. The molecule has 3 N–H and O–H groups in total. The lowest BCUT2D eigenvalue weighted by molar-refractivity contribution is 0.342. The summed E-state index contributed by atoms with van der Waals surface area (Å²) in [6, 6.07) is 12.4. The third-order valence-corrected chi connectivity index (χ3v) is 7.86. The smallest absolute Gasteiger partial charge is 0.242 e. The fourth-order valence-electron chi connectivity index (χ4n) is 4.20. The Kier molecular flexibility index (Phi) is 8.41. The van der Waals surface area contributed by atoms with Gasteiger partial charge in [0, 0.05) is 30.9 Å². The molecule has 9 nitrogen and oxygen atoms in total. The van der Waals surface area contributed by atoms with Crippen molar-refractivity contribution in [2.75, 3.05) is 35.2 Å². The minimum atomic E-state index is -3.74. The molecule has 11 heteroatoms. The summed E-state index contributed by atoms with van der Waals surface area (Å²) >= 11 is 6.38. The van der Waals surface area contributed by atoms with E-state index in [-0.39, 0.29) is 27.7 Å². The SMILES string of the molecule is CCOc1cc(N2CC[C@H](C)C2)ccc1Nc1ncc(Cl)c(Nc2ccccc2S(=O)(=O)NC(C)C)n1. The van der Waals surface area contributed by atoms with Crippen LogP contribution in [-0.4, -0.2) is 44.1 Å². The molecular formula is C26H33ClN6O3S. The first-order valence-corrected chi connectivity index (χ1v) is 14.2. The van der Waals surface area contributed by atoms with Crippen LogP contribution >= 0.6 is 11.6 Å². The second kappa shape index (κ2) is 11.5. The summed E-state index contributed by atoms with van der Waals surface area (Å²) in [5.74, 6) is 1.93. The molecule has 0 aliphatic carbocycles. The van der Waals surface area contributed by atoms with E-state index in [1.54, 1.807) is 32.0 Å². The van der Waals surface area contributed by atoms with Crippen LogP contribution < -0.4 is 25.0 Å². The van der Waals surface area contributed by atoms with E-state index in [1.807, 2.05) is 19.1 Å². The van der Waals surface area contributed by atoms with Crippen molar-refractivity contribution in [3.8, 4) is 5.75 Å². The van der Waals surface area contributed by atoms with E-state index in [4.69, 9.17) is 16.3 Å². The van der Waals surface area contributed by atoms with Crippen molar-refractivity contribution in [2.45, 2.75) is 45.1 Å². The number of para-hydroxylation sites is 1. The highest BCUT2D eigenvalue weighted by molar-refractivity contribution is 7.89. The van der Waals surface area contributed by atoms with E-state index >= 15 is 0 Å². The van der Waals surface area contributed by atoms with Crippen LogP contribution in [0.4, 0.5) is 28.8 Å². The minimum absolute atomic E-state index is 0.0957. The standard InChI is InChI=1S/C26H33ClN6O3S/c1-5-36-23-14-19(33-13-12-18(4)16-33)10-11-21(23)30-26-28-15-20(27)25(31-26)29-22-8-6-7-9-24(22)37(34,35)32-17(2)3/h6-11,14-15,17-18,32H,5,12-13,16H2,1-4H3,(H2,28,29,30,31)/t18-/m0/s1. The number of halogens is 1. The maximum atomic E-state index is 12.8. The number of rotatable bonds is 10. The maximum Gasteiger partial charge on any atom is 0.242 e. The largest absolute Gasteiger partial charge is 0.492 e. The van der Waals surface area contributed by atoms with Gasteiger partial charge in [0.15, 0.2) is 5.82 Å². The Hall–Kier alpha value is -3.08. The van der Waals surface area contributed by atoms with Gasteiger partial charge in [-0.15, -0.1) is 0 Å². The Labute approximate surface area is 223 Å². The minimum Gasteiger partial charge on any atom is -0.492 e. The van der Waals surface area contributed by atoms with E-state index in [0.717, 1.165) is 24.5 Å². The Morgan fingerprint density at radius 1 is 1.16 bits per heavy atom. The van der Waals surface area contributed by atoms with E-state index in [9.17, 15) is 8.42 Å². The molecule has 0 spiro atoms. The second-order valence-corrected chi connectivity index (χ2v) is 11.5. The number of ether oxygens (including phenoxy) is 1. The van der Waals surface area contributed by atoms with Gasteiger partial charge in [-0.2, -0.15) is 4.98 Å². The molecule has 4 rings (SSSR count). The molecule has 0 saturated carbocycles. The molecule has 1 aliphatic rings. The van der Waals surface area contributed by atoms with Gasteiger partial charge in [-0.3, -0.25) is 0 Å². The number of sulfonamides is 1. The molecule has 1 aromatic heterocycles. The van der Waals surface area contributed by atoms with Crippen LogP contribution in [0.3, 0.4) is 0 Å². The Balaban J connectivity index is 1.60. The number of hydrogen-bond donors (Lipinski definition) is 3. The second-order valence-electron chi connectivity index (χ2n) is 9.37. The quantitative estimate of drug-likeness (QED) is 0.305. The van der Waals surface area contributed by atoms with E-state index < -0.39 is 10.0 Å². The van der Waals surface area contributed by atoms with Crippen LogP contribution in [0.5, 0.6) is 5.75 Å². The van der Waals surface area contributed by atoms with Gasteiger partial charge in [0.1, 0.15) is 15.7 Å². The lowest BCUT2D eigenvalue weighted by atomic mass is 10.2. The van der Waals surface area contributed by atoms with Crippen LogP contribution in [0, 0.1) is 5.92 Å². The highest BCUT2D eigenvalue weighted by Crippen LogP contribution is 2.35. The Bertz CT molecular complexity index is 1350. The van der Waals surface area contributed by atoms with Crippen LogP contribution in [0.2, 0.25) is 5.02 Å². The normalized spacial score (nSPS) is 15.7.